The van der Waals surface area contributed by atoms with Gasteiger partial charge in [-0.2, -0.15) is 0 Å². The number of hydrogen-bond donors (Lipinski definition) is 3. The van der Waals surface area contributed by atoms with Gasteiger partial charge in [-0.3, -0.25) is 14.4 Å². The van der Waals surface area contributed by atoms with E-state index < -0.39 is 41.6 Å². The van der Waals surface area contributed by atoms with Gasteiger partial charge in [0.25, 0.3) is 0 Å². The van der Waals surface area contributed by atoms with Crippen LogP contribution in [0.2, 0.25) is 0 Å². The molecule has 0 saturated heterocycles. The van der Waals surface area contributed by atoms with Crippen LogP contribution in [0.25, 0.3) is 0 Å². The van der Waals surface area contributed by atoms with Crippen molar-refractivity contribution in [2.45, 2.75) is 20.3 Å². The maximum Gasteiger partial charge on any atom is 0.307 e. The Morgan fingerprint density at radius 3 is 1.71 bits per heavy atom. The van der Waals surface area contributed by atoms with Crippen molar-refractivity contribution >= 4 is 17.9 Å². The van der Waals surface area contributed by atoms with E-state index in [-0.39, 0.29) is 12.3 Å². The first kappa shape index (κ1) is 13.5. The topological polar surface area (TPSA) is 112 Å². The van der Waals surface area contributed by atoms with Crippen LogP contribution < -0.4 is 0 Å². The maximum atomic E-state index is 11.1. The van der Waals surface area contributed by atoms with E-state index in [2.05, 4.69) is 0 Å². The van der Waals surface area contributed by atoms with Gasteiger partial charge in [0.2, 0.25) is 0 Å². The summed E-state index contributed by atoms with van der Waals surface area (Å²) < 4.78 is 0. The van der Waals surface area contributed by atoms with Crippen molar-refractivity contribution in [3.05, 3.63) is 0 Å². The highest BCUT2D eigenvalue weighted by atomic mass is 16.4. The highest BCUT2D eigenvalue weighted by molar-refractivity contribution is 5.82. The van der Waals surface area contributed by atoms with Gasteiger partial charge in [-0.15, -0.1) is 0 Å². The van der Waals surface area contributed by atoms with Crippen molar-refractivity contribution in [2.75, 3.05) is 0 Å². The summed E-state index contributed by atoms with van der Waals surface area (Å²) in [7, 11) is 0. The fourth-order valence-corrected chi connectivity index (χ4v) is 2.92. The zero-order valence-electron chi connectivity index (χ0n) is 9.66. The van der Waals surface area contributed by atoms with Crippen LogP contribution in [-0.4, -0.2) is 33.2 Å². The molecule has 5 atom stereocenters. The first-order valence-corrected chi connectivity index (χ1v) is 5.45. The third-order valence-corrected chi connectivity index (χ3v) is 3.69. The Labute approximate surface area is 98.3 Å². The normalized spacial score (nSPS) is 37.4. The van der Waals surface area contributed by atoms with Gasteiger partial charge in [-0.1, -0.05) is 13.8 Å². The van der Waals surface area contributed by atoms with E-state index in [1.54, 1.807) is 6.92 Å². The van der Waals surface area contributed by atoms with E-state index in [9.17, 15) is 14.4 Å². The molecular weight excluding hydrogens is 228 g/mol. The largest absolute Gasteiger partial charge is 0.481 e. The summed E-state index contributed by atoms with van der Waals surface area (Å²) in [5, 5.41) is 27.1. The zero-order chi connectivity index (χ0) is 13.3. The molecule has 1 rings (SSSR count). The van der Waals surface area contributed by atoms with Crippen LogP contribution in [0.4, 0.5) is 0 Å². The average Bonchev–Trinajstić information content (AvgIpc) is 2.14. The summed E-state index contributed by atoms with van der Waals surface area (Å²) in [4.78, 5) is 33.2. The fraction of sp³-hybridized carbons (Fsp3) is 0.727. The number of aliphatic carboxylic acids is 3. The molecule has 0 heterocycles. The molecule has 96 valence electrons. The molecule has 0 aromatic carbocycles. The van der Waals surface area contributed by atoms with Crippen LogP contribution in [0.5, 0.6) is 0 Å². The third-order valence-electron chi connectivity index (χ3n) is 3.69. The Hall–Kier alpha value is -1.59. The predicted octanol–water partition coefficient (Wildman–Crippen LogP) is 0.765. The molecule has 6 nitrogen and oxygen atoms in total. The zero-order valence-corrected chi connectivity index (χ0v) is 9.66. The number of hydrogen-bond acceptors (Lipinski definition) is 3. The van der Waals surface area contributed by atoms with Crippen molar-refractivity contribution < 1.29 is 29.7 Å². The van der Waals surface area contributed by atoms with Crippen LogP contribution in [0.3, 0.4) is 0 Å². The second-order valence-corrected chi connectivity index (χ2v) is 4.74. The number of rotatable bonds is 3. The van der Waals surface area contributed by atoms with Crippen LogP contribution >= 0.6 is 0 Å². The number of carboxylic acid groups (broad SMARTS) is 3. The Balaban J connectivity index is 3.08. The van der Waals surface area contributed by atoms with E-state index in [1.165, 1.54) is 6.92 Å². The smallest absolute Gasteiger partial charge is 0.307 e. The van der Waals surface area contributed by atoms with Crippen LogP contribution in [0.1, 0.15) is 20.3 Å². The lowest BCUT2D eigenvalue weighted by atomic mass is 9.63. The van der Waals surface area contributed by atoms with E-state index in [4.69, 9.17) is 15.3 Å². The molecule has 1 aliphatic carbocycles. The summed E-state index contributed by atoms with van der Waals surface area (Å²) in [6.45, 7) is 3.16. The Morgan fingerprint density at radius 1 is 0.882 bits per heavy atom. The molecule has 3 N–H and O–H groups in total. The minimum atomic E-state index is -1.23. The van der Waals surface area contributed by atoms with Crippen LogP contribution in [0.15, 0.2) is 0 Å². The summed E-state index contributed by atoms with van der Waals surface area (Å²) >= 11 is 0. The molecule has 0 aromatic rings. The quantitative estimate of drug-likeness (QED) is 0.675. The van der Waals surface area contributed by atoms with Crippen LogP contribution in [-0.2, 0) is 14.4 Å². The van der Waals surface area contributed by atoms with Gasteiger partial charge < -0.3 is 15.3 Å². The van der Waals surface area contributed by atoms with Crippen LogP contribution in [0, 0.1) is 29.6 Å². The highest BCUT2D eigenvalue weighted by Gasteiger charge is 2.49. The lowest BCUT2D eigenvalue weighted by Gasteiger charge is -2.39. The van der Waals surface area contributed by atoms with Gasteiger partial charge >= 0.3 is 17.9 Å². The molecule has 1 aliphatic rings. The molecule has 0 radical (unpaired) electrons. The third kappa shape index (κ3) is 2.40. The van der Waals surface area contributed by atoms with Gasteiger partial charge in [0.15, 0.2) is 0 Å². The maximum absolute atomic E-state index is 11.1. The molecule has 1 saturated carbocycles. The molecule has 0 spiro atoms. The molecule has 0 aromatic heterocycles. The Bertz CT molecular complexity index is 350. The number of carboxylic acids is 3. The first-order chi connectivity index (χ1) is 7.77. The standard InChI is InChI=1S/C11H16O6/c1-4-3-6(9(12)13)8(11(16)17)5(2)7(4)10(14)15/h4-8H,3H2,1-2H3,(H,12,13)(H,14,15)(H,16,17). The van der Waals surface area contributed by atoms with E-state index in [1.807, 2.05) is 0 Å². The molecule has 1 fully saturated rings. The summed E-state index contributed by atoms with van der Waals surface area (Å²) in [5.74, 6) is -7.42. The van der Waals surface area contributed by atoms with Gasteiger partial charge in [0.1, 0.15) is 0 Å². The minimum absolute atomic E-state index is 0.0909. The number of carbonyl (C=O) groups is 3. The van der Waals surface area contributed by atoms with Crippen molar-refractivity contribution in [1.29, 1.82) is 0 Å². The predicted molar refractivity (Wildman–Crippen MR) is 56.3 cm³/mol. The van der Waals surface area contributed by atoms with Crippen molar-refractivity contribution in [2.24, 2.45) is 29.6 Å². The fourth-order valence-electron chi connectivity index (χ4n) is 2.92. The molecule has 0 bridgehead atoms. The van der Waals surface area contributed by atoms with Gasteiger partial charge in [-0.05, 0) is 18.3 Å². The second kappa shape index (κ2) is 4.73. The molecule has 0 amide bonds. The molecule has 0 aliphatic heterocycles. The first-order valence-electron chi connectivity index (χ1n) is 5.45. The lowest BCUT2D eigenvalue weighted by molar-refractivity contribution is -0.166. The van der Waals surface area contributed by atoms with E-state index in [0.717, 1.165) is 0 Å². The summed E-state index contributed by atoms with van der Waals surface area (Å²) in [6, 6.07) is 0. The summed E-state index contributed by atoms with van der Waals surface area (Å²) in [5.41, 5.74) is 0. The van der Waals surface area contributed by atoms with Gasteiger partial charge in [-0.25, -0.2) is 0 Å². The highest BCUT2D eigenvalue weighted by Crippen LogP contribution is 2.42. The molecule has 5 unspecified atom stereocenters. The lowest BCUT2D eigenvalue weighted by Crippen LogP contribution is -2.47. The SMILES string of the molecule is CC1CC(C(=O)O)C(C(=O)O)C(C)C1C(=O)O. The van der Waals surface area contributed by atoms with Crippen molar-refractivity contribution in [1.82, 2.24) is 0 Å². The summed E-state index contributed by atoms with van der Waals surface area (Å²) in [6.07, 6.45) is 0.0909. The van der Waals surface area contributed by atoms with Gasteiger partial charge in [0.05, 0.1) is 17.8 Å². The Morgan fingerprint density at radius 2 is 1.35 bits per heavy atom. The molecule has 17 heavy (non-hydrogen) atoms. The van der Waals surface area contributed by atoms with Crippen molar-refractivity contribution in [3.63, 3.8) is 0 Å². The second-order valence-electron chi connectivity index (χ2n) is 4.74. The van der Waals surface area contributed by atoms with E-state index >= 15 is 0 Å². The Kier molecular flexibility index (Phi) is 3.75. The van der Waals surface area contributed by atoms with Crippen molar-refractivity contribution in [3.8, 4) is 0 Å². The monoisotopic (exact) mass is 244 g/mol. The molecule has 6 heteroatoms. The average molecular weight is 244 g/mol. The molecular formula is C11H16O6. The van der Waals surface area contributed by atoms with E-state index in [0.29, 0.717) is 0 Å². The minimum Gasteiger partial charge on any atom is -0.481 e. The van der Waals surface area contributed by atoms with Gasteiger partial charge in [0, 0.05) is 0 Å².